The van der Waals surface area contributed by atoms with Crippen molar-refractivity contribution >= 4 is 50.9 Å². The number of rotatable bonds is 12. The molecule has 0 spiro atoms. The Hall–Kier alpha value is -4.06. The standard InChI is InChI=1S/C34H32BrClN2O7S/c1-5-42-26-13-12-21(17-27(26)43-6-2)30-23(33(40)41-4)18-37-34-38(30)32(39)29(46-34)16-20-14-24(35)31(28(15-20)44-7-3)45-19-22-10-8-9-11-25(22)36/h8-18,30H,5-7,19H2,1-4H3/b29-16+/t30-/m0/s1. The van der Waals surface area contributed by atoms with Gasteiger partial charge in [0.2, 0.25) is 0 Å². The van der Waals surface area contributed by atoms with E-state index in [4.69, 9.17) is 35.3 Å². The van der Waals surface area contributed by atoms with Crippen LogP contribution in [0.3, 0.4) is 0 Å². The number of nitrogens with zero attached hydrogens (tertiary/aromatic N) is 2. The number of hydrogen-bond acceptors (Lipinski definition) is 9. The minimum Gasteiger partial charge on any atom is -0.490 e. The fraction of sp³-hybridized carbons (Fsp3) is 0.265. The maximum atomic E-state index is 14.1. The fourth-order valence-corrected chi connectivity index (χ4v) is 6.71. The molecule has 5 rings (SSSR count). The van der Waals surface area contributed by atoms with Crippen molar-refractivity contribution in [2.24, 2.45) is 4.99 Å². The SMILES string of the molecule is CCOc1ccc([C@H]2C(C(=O)OC)=CN=c3s/c(=C/c4cc(Br)c(OCc5ccccc5Cl)c(OCC)c4)c(=O)n32)cc1OCC. The number of fused-ring (bicyclic) bond motifs is 1. The highest BCUT2D eigenvalue weighted by Gasteiger charge is 2.31. The first-order valence-electron chi connectivity index (χ1n) is 14.6. The Morgan fingerprint density at radius 1 is 0.978 bits per heavy atom. The summed E-state index contributed by atoms with van der Waals surface area (Å²) in [5, 5.41) is 0.608. The molecule has 9 nitrogen and oxygen atoms in total. The summed E-state index contributed by atoms with van der Waals surface area (Å²) in [5.41, 5.74) is 2.09. The number of carbonyl (C=O) groups excluding carboxylic acids is 1. The van der Waals surface area contributed by atoms with Crippen molar-refractivity contribution in [2.45, 2.75) is 33.4 Å². The number of carbonyl (C=O) groups is 1. The summed E-state index contributed by atoms with van der Waals surface area (Å²) in [6.07, 6.45) is 3.22. The van der Waals surface area contributed by atoms with E-state index in [0.29, 0.717) is 72.8 Å². The molecule has 0 unspecified atom stereocenters. The summed E-state index contributed by atoms with van der Waals surface area (Å²) < 4.78 is 31.3. The Kier molecular flexibility index (Phi) is 10.9. The van der Waals surface area contributed by atoms with Crippen molar-refractivity contribution in [3.05, 3.63) is 112 Å². The van der Waals surface area contributed by atoms with E-state index in [-0.39, 0.29) is 17.7 Å². The first-order valence-corrected chi connectivity index (χ1v) is 16.6. The van der Waals surface area contributed by atoms with E-state index in [9.17, 15) is 9.59 Å². The van der Waals surface area contributed by atoms with Crippen LogP contribution in [0, 0.1) is 0 Å². The van der Waals surface area contributed by atoms with Crippen LogP contribution in [0.4, 0.5) is 0 Å². The molecule has 12 heteroatoms. The molecule has 1 atom stereocenters. The van der Waals surface area contributed by atoms with Crippen LogP contribution in [0.1, 0.15) is 43.5 Å². The van der Waals surface area contributed by atoms with Gasteiger partial charge in [-0.15, -0.1) is 0 Å². The molecule has 0 N–H and O–H groups in total. The minimum absolute atomic E-state index is 0.217. The smallest absolute Gasteiger partial charge is 0.337 e. The maximum absolute atomic E-state index is 14.1. The number of methoxy groups -OCH3 is 1. The van der Waals surface area contributed by atoms with Crippen LogP contribution in [0.2, 0.25) is 5.02 Å². The highest BCUT2D eigenvalue weighted by Crippen LogP contribution is 2.38. The number of hydrogen-bond donors (Lipinski definition) is 0. The summed E-state index contributed by atoms with van der Waals surface area (Å²) in [7, 11) is 1.30. The summed E-state index contributed by atoms with van der Waals surface area (Å²) in [5.74, 6) is 1.51. The number of halogens is 2. The number of thiazole rings is 1. The lowest BCUT2D eigenvalue weighted by Crippen LogP contribution is -2.39. The lowest BCUT2D eigenvalue weighted by atomic mass is 9.97. The van der Waals surface area contributed by atoms with Gasteiger partial charge in [0, 0.05) is 16.8 Å². The van der Waals surface area contributed by atoms with E-state index >= 15 is 0 Å². The third kappa shape index (κ3) is 7.01. The van der Waals surface area contributed by atoms with Crippen LogP contribution in [0.5, 0.6) is 23.0 Å². The second-order valence-electron chi connectivity index (χ2n) is 9.89. The first-order chi connectivity index (χ1) is 22.3. The van der Waals surface area contributed by atoms with E-state index in [1.54, 1.807) is 18.2 Å². The number of aromatic nitrogens is 1. The highest BCUT2D eigenvalue weighted by molar-refractivity contribution is 9.10. The predicted molar refractivity (Wildman–Crippen MR) is 181 cm³/mol. The Morgan fingerprint density at radius 3 is 2.41 bits per heavy atom. The molecule has 240 valence electrons. The molecule has 0 radical (unpaired) electrons. The van der Waals surface area contributed by atoms with Crippen LogP contribution in [-0.4, -0.2) is 37.5 Å². The summed E-state index contributed by atoms with van der Waals surface area (Å²) >= 11 is 11.2. The third-order valence-electron chi connectivity index (χ3n) is 6.97. The van der Waals surface area contributed by atoms with E-state index in [1.807, 2.05) is 63.2 Å². The molecule has 2 heterocycles. The second-order valence-corrected chi connectivity index (χ2v) is 12.2. The van der Waals surface area contributed by atoms with Gasteiger partial charge in [-0.2, -0.15) is 0 Å². The Balaban J connectivity index is 1.58. The minimum atomic E-state index is -0.799. The Bertz CT molecular complexity index is 1970. The first kappa shape index (κ1) is 33.3. The number of benzene rings is 3. The molecule has 4 aromatic rings. The van der Waals surface area contributed by atoms with E-state index in [2.05, 4.69) is 20.9 Å². The van der Waals surface area contributed by atoms with Gasteiger partial charge in [0.25, 0.3) is 5.56 Å². The molecule has 0 saturated heterocycles. The molecular weight excluding hydrogens is 696 g/mol. The van der Waals surface area contributed by atoms with Gasteiger partial charge in [0.15, 0.2) is 27.8 Å². The van der Waals surface area contributed by atoms with Gasteiger partial charge in [0.1, 0.15) is 6.61 Å². The molecule has 1 aromatic heterocycles. The third-order valence-corrected chi connectivity index (χ3v) is 8.92. The van der Waals surface area contributed by atoms with Gasteiger partial charge < -0.3 is 23.7 Å². The van der Waals surface area contributed by atoms with Crippen LogP contribution in [0.25, 0.3) is 6.08 Å². The average molecular weight is 728 g/mol. The zero-order chi connectivity index (χ0) is 32.8. The van der Waals surface area contributed by atoms with Gasteiger partial charge in [-0.1, -0.05) is 47.2 Å². The number of esters is 1. The predicted octanol–water partition coefficient (Wildman–Crippen LogP) is 6.21. The zero-order valence-corrected chi connectivity index (χ0v) is 28.8. The van der Waals surface area contributed by atoms with Crippen LogP contribution < -0.4 is 33.8 Å². The van der Waals surface area contributed by atoms with Gasteiger partial charge in [-0.3, -0.25) is 9.36 Å². The van der Waals surface area contributed by atoms with Gasteiger partial charge in [-0.05, 0) is 84.2 Å². The zero-order valence-electron chi connectivity index (χ0n) is 25.7. The molecule has 0 saturated carbocycles. The van der Waals surface area contributed by atoms with E-state index < -0.39 is 12.0 Å². The fourth-order valence-electron chi connectivity index (χ4n) is 4.98. The molecule has 3 aromatic carbocycles. The van der Waals surface area contributed by atoms with Crippen molar-refractivity contribution < 1.29 is 28.5 Å². The van der Waals surface area contributed by atoms with Crippen LogP contribution in [-0.2, 0) is 16.1 Å². The van der Waals surface area contributed by atoms with Crippen LogP contribution >= 0.6 is 38.9 Å². The van der Waals surface area contributed by atoms with Crippen molar-refractivity contribution in [1.29, 1.82) is 0 Å². The van der Waals surface area contributed by atoms with Crippen molar-refractivity contribution in [3.8, 4) is 23.0 Å². The number of ether oxygens (including phenoxy) is 5. The van der Waals surface area contributed by atoms with E-state index in [1.165, 1.54) is 29.2 Å². The Morgan fingerprint density at radius 2 is 1.70 bits per heavy atom. The average Bonchev–Trinajstić information content (AvgIpc) is 3.36. The molecule has 1 aliphatic rings. The highest BCUT2D eigenvalue weighted by atomic mass is 79.9. The summed E-state index contributed by atoms with van der Waals surface area (Å²) in [6, 6.07) is 15.7. The van der Waals surface area contributed by atoms with Gasteiger partial charge in [0.05, 0.1) is 47.6 Å². The maximum Gasteiger partial charge on any atom is 0.337 e. The largest absolute Gasteiger partial charge is 0.490 e. The molecule has 46 heavy (non-hydrogen) atoms. The monoisotopic (exact) mass is 726 g/mol. The van der Waals surface area contributed by atoms with Gasteiger partial charge >= 0.3 is 5.97 Å². The van der Waals surface area contributed by atoms with Gasteiger partial charge in [-0.25, -0.2) is 9.79 Å². The lowest BCUT2D eigenvalue weighted by Gasteiger charge is -2.23. The summed E-state index contributed by atoms with van der Waals surface area (Å²) in [6.45, 7) is 7.16. The molecule has 0 bridgehead atoms. The molecular formula is C34H32BrClN2O7S. The molecule has 1 aliphatic heterocycles. The molecule has 0 aliphatic carbocycles. The normalized spacial score (nSPS) is 14.2. The summed E-state index contributed by atoms with van der Waals surface area (Å²) in [4.78, 5) is 31.9. The molecule has 0 amide bonds. The second kappa shape index (κ2) is 15.0. The van der Waals surface area contributed by atoms with Crippen LogP contribution in [0.15, 0.2) is 80.6 Å². The Labute approximate surface area is 283 Å². The quantitative estimate of drug-likeness (QED) is 0.160. The van der Waals surface area contributed by atoms with E-state index in [0.717, 1.165) is 5.56 Å². The molecule has 0 fully saturated rings. The topological polar surface area (TPSA) is 97.6 Å². The van der Waals surface area contributed by atoms with Crippen molar-refractivity contribution in [2.75, 3.05) is 26.9 Å². The van der Waals surface area contributed by atoms with Crippen molar-refractivity contribution in [3.63, 3.8) is 0 Å². The van der Waals surface area contributed by atoms with Crippen molar-refractivity contribution in [1.82, 2.24) is 4.57 Å². The lowest BCUT2D eigenvalue weighted by molar-refractivity contribution is -0.136.